The molecular weight excluding hydrogens is 511 g/mol. The Balaban J connectivity index is 0.000000448. The number of carbonyl (C=O) groups excluding carboxylic acids is 2. The number of hydrogen-bond acceptors (Lipinski definition) is 5. The molecule has 6 nitrogen and oxygen atoms in total. The van der Waals surface area contributed by atoms with E-state index in [0.717, 1.165) is 62.6 Å². The standard InChI is InChI=1S/C28H36NO3.C2HF3O2/c1-21(22-10-4-2-5-11-22)29-18-16-23(17-19-29)26(20-29)32-27(30)28(31,25-14-8-9-15-25)24-12-6-3-7-13-24;3-2(4,5)1(6)7/h2-7,10-13,21,23,25-26,31H,8-9,14-20H2,1H3;(H,6,7)/q+1;/p-1/t21?,23?,26-,28-,29?;/m0./s1. The molecule has 2 aromatic carbocycles. The zero-order valence-corrected chi connectivity index (χ0v) is 22.1. The zero-order valence-electron chi connectivity index (χ0n) is 22.1. The monoisotopic (exact) mass is 547 g/mol. The lowest BCUT2D eigenvalue weighted by molar-refractivity contribution is -0.972. The van der Waals surface area contributed by atoms with Gasteiger partial charge in [-0.25, -0.2) is 4.79 Å². The number of carboxylic acids is 1. The van der Waals surface area contributed by atoms with Gasteiger partial charge >= 0.3 is 12.1 Å². The summed E-state index contributed by atoms with van der Waals surface area (Å²) in [4.78, 5) is 22.4. The molecular formula is C30H36F3NO5. The fraction of sp³-hybridized carbons (Fsp3) is 0.533. The summed E-state index contributed by atoms with van der Waals surface area (Å²) in [6.07, 6.45) is 0.735. The Morgan fingerprint density at radius 3 is 1.97 bits per heavy atom. The van der Waals surface area contributed by atoms with Gasteiger partial charge in [-0.1, -0.05) is 73.5 Å². The lowest BCUT2D eigenvalue weighted by Crippen LogP contribution is -2.65. The normalized spacial score (nSPS) is 27.1. The van der Waals surface area contributed by atoms with E-state index < -0.39 is 23.7 Å². The summed E-state index contributed by atoms with van der Waals surface area (Å²) in [5.41, 5.74) is 0.490. The van der Waals surface area contributed by atoms with Crippen molar-refractivity contribution in [2.45, 2.75) is 69.4 Å². The van der Waals surface area contributed by atoms with E-state index in [4.69, 9.17) is 14.6 Å². The second kappa shape index (κ2) is 11.7. The number of hydrogen-bond donors (Lipinski definition) is 1. The van der Waals surface area contributed by atoms with Gasteiger partial charge in [0.2, 0.25) is 0 Å². The number of halogens is 3. The number of quaternary nitrogens is 1. The zero-order chi connectivity index (χ0) is 28.3. The molecule has 2 aromatic rings. The molecule has 39 heavy (non-hydrogen) atoms. The van der Waals surface area contributed by atoms with Gasteiger partial charge in [-0.2, -0.15) is 13.2 Å². The number of fused-ring (bicyclic) bond motifs is 3. The topological polar surface area (TPSA) is 86.7 Å². The molecule has 2 bridgehead atoms. The van der Waals surface area contributed by atoms with Crippen LogP contribution in [0.1, 0.15) is 62.6 Å². The van der Waals surface area contributed by atoms with E-state index >= 15 is 0 Å². The number of aliphatic hydroxyl groups is 1. The van der Waals surface area contributed by atoms with Crippen molar-refractivity contribution in [3.8, 4) is 0 Å². The molecule has 3 atom stereocenters. The summed E-state index contributed by atoms with van der Waals surface area (Å²) in [7, 11) is 0. The Labute approximate surface area is 227 Å². The van der Waals surface area contributed by atoms with E-state index in [-0.39, 0.29) is 12.0 Å². The van der Waals surface area contributed by atoms with Crippen LogP contribution in [0.3, 0.4) is 0 Å². The van der Waals surface area contributed by atoms with Crippen LogP contribution in [0.15, 0.2) is 60.7 Å². The Kier molecular flexibility index (Phi) is 8.71. The van der Waals surface area contributed by atoms with Crippen molar-refractivity contribution < 1.29 is 42.2 Å². The van der Waals surface area contributed by atoms with Gasteiger partial charge in [-0.05, 0) is 25.3 Å². The maximum atomic E-state index is 13.7. The van der Waals surface area contributed by atoms with E-state index in [9.17, 15) is 23.1 Å². The first-order chi connectivity index (χ1) is 18.5. The van der Waals surface area contributed by atoms with E-state index in [0.29, 0.717) is 17.5 Å². The van der Waals surface area contributed by atoms with Crippen LogP contribution in [-0.2, 0) is 19.9 Å². The van der Waals surface area contributed by atoms with Crippen molar-refractivity contribution in [1.82, 2.24) is 0 Å². The van der Waals surface area contributed by atoms with Gasteiger partial charge in [-0.15, -0.1) is 0 Å². The van der Waals surface area contributed by atoms with Crippen molar-refractivity contribution in [3.05, 3.63) is 71.8 Å². The number of benzene rings is 2. The lowest BCUT2D eigenvalue weighted by Gasteiger charge is -2.55. The third-order valence-corrected chi connectivity index (χ3v) is 9.02. The molecule has 0 aromatic heterocycles. The molecule has 0 radical (unpaired) electrons. The number of nitrogens with zero attached hydrogens (tertiary/aromatic N) is 1. The fourth-order valence-electron chi connectivity index (χ4n) is 6.67. The number of esters is 1. The maximum Gasteiger partial charge on any atom is 0.430 e. The largest absolute Gasteiger partial charge is 0.542 e. The van der Waals surface area contributed by atoms with Gasteiger partial charge < -0.3 is 24.2 Å². The molecule has 3 aliphatic heterocycles. The Morgan fingerprint density at radius 2 is 1.46 bits per heavy atom. The van der Waals surface area contributed by atoms with Crippen LogP contribution in [-0.4, -0.2) is 53.4 Å². The van der Waals surface area contributed by atoms with Crippen LogP contribution in [0.5, 0.6) is 0 Å². The molecule has 1 aliphatic carbocycles. The Morgan fingerprint density at radius 1 is 0.949 bits per heavy atom. The summed E-state index contributed by atoms with van der Waals surface area (Å²) in [6.45, 7) is 5.45. The minimum Gasteiger partial charge on any atom is -0.542 e. The first kappa shape index (κ1) is 29.1. The van der Waals surface area contributed by atoms with Crippen molar-refractivity contribution in [2.24, 2.45) is 11.8 Å². The molecule has 0 amide bonds. The molecule has 6 rings (SSSR count). The molecule has 4 aliphatic rings. The quantitative estimate of drug-likeness (QED) is 0.431. The van der Waals surface area contributed by atoms with Crippen LogP contribution in [0.2, 0.25) is 0 Å². The van der Waals surface area contributed by atoms with Crippen molar-refractivity contribution in [1.29, 1.82) is 0 Å². The second-order valence-electron chi connectivity index (χ2n) is 11.1. The van der Waals surface area contributed by atoms with Crippen molar-refractivity contribution in [2.75, 3.05) is 19.6 Å². The van der Waals surface area contributed by atoms with Gasteiger partial charge in [-0.3, -0.25) is 0 Å². The SMILES string of the molecule is CC(c1ccccc1)[N+]12CCC(CC1)[C@@H](OC(=O)[C@](O)(c1ccccc1)C1CCCC1)C2.O=C([O-])C(F)(F)F. The fourth-order valence-corrected chi connectivity index (χ4v) is 6.67. The highest BCUT2D eigenvalue weighted by atomic mass is 19.4. The first-order valence-corrected chi connectivity index (χ1v) is 13.7. The van der Waals surface area contributed by atoms with Gasteiger partial charge in [0, 0.05) is 30.2 Å². The van der Waals surface area contributed by atoms with Crippen LogP contribution in [0, 0.1) is 11.8 Å². The summed E-state index contributed by atoms with van der Waals surface area (Å²) >= 11 is 0. The maximum absolute atomic E-state index is 13.7. The number of alkyl halides is 3. The molecule has 0 spiro atoms. The minimum absolute atomic E-state index is 0.0649. The average molecular weight is 548 g/mol. The van der Waals surface area contributed by atoms with Gasteiger partial charge in [0.05, 0.1) is 13.1 Å². The molecule has 1 saturated carbocycles. The number of rotatable bonds is 6. The molecule has 4 fully saturated rings. The lowest BCUT2D eigenvalue weighted by atomic mass is 9.79. The predicted octanol–water partition coefficient (Wildman–Crippen LogP) is 4.28. The van der Waals surface area contributed by atoms with E-state index in [2.05, 4.69) is 37.3 Å². The summed E-state index contributed by atoms with van der Waals surface area (Å²) in [6, 6.07) is 20.6. The van der Waals surface area contributed by atoms with Gasteiger partial charge in [0.25, 0.3) is 0 Å². The van der Waals surface area contributed by atoms with E-state index in [1.807, 2.05) is 30.3 Å². The highest BCUT2D eigenvalue weighted by Gasteiger charge is 2.54. The van der Waals surface area contributed by atoms with Crippen LogP contribution in [0.25, 0.3) is 0 Å². The van der Waals surface area contributed by atoms with Crippen molar-refractivity contribution >= 4 is 11.9 Å². The van der Waals surface area contributed by atoms with E-state index in [1.165, 1.54) is 5.56 Å². The second-order valence-corrected chi connectivity index (χ2v) is 11.1. The number of carbonyl (C=O) groups is 2. The summed E-state index contributed by atoms with van der Waals surface area (Å²) < 4.78 is 38.8. The van der Waals surface area contributed by atoms with Gasteiger partial charge in [0.1, 0.15) is 18.6 Å². The average Bonchev–Trinajstić information content (AvgIpc) is 3.49. The predicted molar refractivity (Wildman–Crippen MR) is 136 cm³/mol. The van der Waals surface area contributed by atoms with Crippen LogP contribution < -0.4 is 5.11 Å². The molecule has 1 N–H and O–H groups in total. The number of ether oxygens (including phenoxy) is 1. The molecule has 9 heteroatoms. The third kappa shape index (κ3) is 6.14. The molecule has 212 valence electrons. The highest BCUT2D eigenvalue weighted by Crippen LogP contribution is 2.45. The number of aliphatic carboxylic acids is 1. The highest BCUT2D eigenvalue weighted by molar-refractivity contribution is 5.82. The van der Waals surface area contributed by atoms with Crippen LogP contribution >= 0.6 is 0 Å². The number of piperidine rings is 3. The summed E-state index contributed by atoms with van der Waals surface area (Å²) in [5, 5.41) is 20.6. The van der Waals surface area contributed by atoms with Crippen LogP contribution in [0.4, 0.5) is 13.2 Å². The van der Waals surface area contributed by atoms with Crippen molar-refractivity contribution in [3.63, 3.8) is 0 Å². The summed E-state index contributed by atoms with van der Waals surface area (Å²) in [5.74, 6) is -3.09. The Bertz CT molecular complexity index is 1110. The molecule has 3 heterocycles. The molecule has 3 saturated heterocycles. The minimum atomic E-state index is -5.19. The molecule has 1 unspecified atom stereocenters. The third-order valence-electron chi connectivity index (χ3n) is 9.02. The van der Waals surface area contributed by atoms with Gasteiger partial charge in [0.15, 0.2) is 11.7 Å². The number of carboxylic acid groups (broad SMARTS) is 1. The first-order valence-electron chi connectivity index (χ1n) is 13.7. The Hall–Kier alpha value is -2.91. The van der Waals surface area contributed by atoms with E-state index in [1.54, 1.807) is 0 Å². The smallest absolute Gasteiger partial charge is 0.430 e.